The Bertz CT molecular complexity index is 439. The average Bonchev–Trinajstić information content (AvgIpc) is 2.42. The molecule has 0 spiro atoms. The molecule has 0 bridgehead atoms. The lowest BCUT2D eigenvalue weighted by Gasteiger charge is -2.22. The van der Waals surface area contributed by atoms with Crippen molar-refractivity contribution < 1.29 is 23.8 Å². The van der Waals surface area contributed by atoms with Crippen molar-refractivity contribution >= 4 is 5.91 Å². The molecule has 112 valence electrons. The van der Waals surface area contributed by atoms with E-state index in [9.17, 15) is 14.3 Å². The Kier molecular flexibility index (Phi) is 6.97. The molecule has 0 heterocycles. The lowest BCUT2D eigenvalue weighted by atomic mass is 10.1. The van der Waals surface area contributed by atoms with Crippen molar-refractivity contribution in [2.45, 2.75) is 6.42 Å². The van der Waals surface area contributed by atoms with E-state index in [1.807, 2.05) is 0 Å². The molecule has 1 aromatic rings. The van der Waals surface area contributed by atoms with Crippen molar-refractivity contribution in [1.82, 2.24) is 4.90 Å². The first-order valence-corrected chi connectivity index (χ1v) is 6.35. The average molecular weight is 285 g/mol. The number of amides is 1. The van der Waals surface area contributed by atoms with Crippen LogP contribution in [0.25, 0.3) is 0 Å². The Morgan fingerprint density at radius 1 is 1.25 bits per heavy atom. The molecule has 5 nitrogen and oxygen atoms in total. The Balaban J connectivity index is 2.79. The first kappa shape index (κ1) is 16.4. The van der Waals surface area contributed by atoms with Gasteiger partial charge in [0.1, 0.15) is 11.6 Å². The van der Waals surface area contributed by atoms with Gasteiger partial charge < -0.3 is 19.5 Å². The maximum Gasteiger partial charge on any atom is 0.256 e. The van der Waals surface area contributed by atoms with Gasteiger partial charge >= 0.3 is 0 Å². The van der Waals surface area contributed by atoms with Crippen LogP contribution in [-0.2, 0) is 9.47 Å². The second-order valence-corrected chi connectivity index (χ2v) is 4.30. The summed E-state index contributed by atoms with van der Waals surface area (Å²) in [4.78, 5) is 13.8. The number of hydrogen-bond donors (Lipinski definition) is 1. The molecule has 0 unspecified atom stereocenters. The lowest BCUT2D eigenvalue weighted by Crippen LogP contribution is -2.35. The van der Waals surface area contributed by atoms with E-state index in [2.05, 4.69) is 0 Å². The van der Waals surface area contributed by atoms with Gasteiger partial charge in [-0.1, -0.05) is 0 Å². The zero-order valence-electron chi connectivity index (χ0n) is 11.8. The minimum Gasteiger partial charge on any atom is -0.508 e. The third-order valence-corrected chi connectivity index (χ3v) is 2.81. The Hall–Kier alpha value is -1.66. The summed E-state index contributed by atoms with van der Waals surface area (Å²) in [5.41, 5.74) is -0.0590. The largest absolute Gasteiger partial charge is 0.508 e. The number of rotatable bonds is 8. The normalized spacial score (nSPS) is 10.6. The summed E-state index contributed by atoms with van der Waals surface area (Å²) in [6.07, 6.45) is 0.658. The van der Waals surface area contributed by atoms with E-state index in [0.717, 1.165) is 6.07 Å². The molecule has 0 radical (unpaired) electrons. The van der Waals surface area contributed by atoms with Gasteiger partial charge in [0.25, 0.3) is 5.91 Å². The fourth-order valence-electron chi connectivity index (χ4n) is 1.76. The molecule has 0 saturated carbocycles. The lowest BCUT2D eigenvalue weighted by molar-refractivity contribution is 0.0669. The van der Waals surface area contributed by atoms with Crippen molar-refractivity contribution in [3.8, 4) is 5.75 Å². The number of phenols is 1. The zero-order valence-corrected chi connectivity index (χ0v) is 11.8. The third-order valence-electron chi connectivity index (χ3n) is 2.81. The van der Waals surface area contributed by atoms with Gasteiger partial charge in [0, 0.05) is 40.0 Å². The molecule has 20 heavy (non-hydrogen) atoms. The Labute approximate surface area is 117 Å². The number of benzene rings is 1. The molecule has 6 heteroatoms. The van der Waals surface area contributed by atoms with E-state index >= 15 is 0 Å². The predicted octanol–water partition coefficient (Wildman–Crippen LogP) is 1.66. The molecule has 0 fully saturated rings. The summed E-state index contributed by atoms with van der Waals surface area (Å²) in [5, 5.41) is 9.17. The summed E-state index contributed by atoms with van der Waals surface area (Å²) in [7, 11) is 3.12. The number of nitrogens with zero attached hydrogens (tertiary/aromatic N) is 1. The number of carbonyl (C=O) groups is 1. The van der Waals surface area contributed by atoms with E-state index in [-0.39, 0.29) is 11.3 Å². The first-order chi connectivity index (χ1) is 9.60. The number of aromatic hydroxyl groups is 1. The molecular formula is C14H20FNO4. The van der Waals surface area contributed by atoms with Crippen LogP contribution in [-0.4, -0.2) is 56.4 Å². The highest BCUT2D eigenvalue weighted by Crippen LogP contribution is 2.17. The molecule has 0 aliphatic carbocycles. The van der Waals surface area contributed by atoms with E-state index in [4.69, 9.17) is 9.47 Å². The number of halogens is 1. The van der Waals surface area contributed by atoms with Crippen molar-refractivity contribution in [2.75, 3.05) is 40.5 Å². The Morgan fingerprint density at radius 2 is 1.95 bits per heavy atom. The third kappa shape index (κ3) is 4.79. The van der Waals surface area contributed by atoms with Gasteiger partial charge in [-0.15, -0.1) is 0 Å². The summed E-state index contributed by atoms with van der Waals surface area (Å²) >= 11 is 0. The maximum absolute atomic E-state index is 13.7. The highest BCUT2D eigenvalue weighted by atomic mass is 19.1. The first-order valence-electron chi connectivity index (χ1n) is 6.35. The monoisotopic (exact) mass is 285 g/mol. The second-order valence-electron chi connectivity index (χ2n) is 4.30. The molecule has 0 aliphatic rings. The molecule has 0 aliphatic heterocycles. The summed E-state index contributed by atoms with van der Waals surface area (Å²) in [5.74, 6) is -1.36. The van der Waals surface area contributed by atoms with Gasteiger partial charge in [0.15, 0.2) is 0 Å². The van der Waals surface area contributed by atoms with Crippen LogP contribution in [0.15, 0.2) is 18.2 Å². The van der Waals surface area contributed by atoms with Crippen LogP contribution in [0.4, 0.5) is 4.39 Å². The summed E-state index contributed by atoms with van der Waals surface area (Å²) in [6, 6.07) is 3.50. The zero-order chi connectivity index (χ0) is 15.0. The molecule has 1 N–H and O–H groups in total. The van der Waals surface area contributed by atoms with Crippen LogP contribution in [0.1, 0.15) is 16.8 Å². The molecule has 1 rings (SSSR count). The molecule has 1 amide bonds. The SMILES string of the molecule is COCCCN(CCOC)C(=O)c1ccc(O)cc1F. The molecule has 1 aromatic carbocycles. The number of ether oxygens (including phenoxy) is 2. The summed E-state index contributed by atoms with van der Waals surface area (Å²) in [6.45, 7) is 1.73. The minimum absolute atomic E-state index is 0.0590. The smallest absolute Gasteiger partial charge is 0.256 e. The van der Waals surface area contributed by atoms with Crippen molar-refractivity contribution in [2.24, 2.45) is 0 Å². The van der Waals surface area contributed by atoms with Crippen molar-refractivity contribution in [1.29, 1.82) is 0 Å². The molecule has 0 aromatic heterocycles. The Morgan fingerprint density at radius 3 is 2.55 bits per heavy atom. The van der Waals surface area contributed by atoms with E-state index in [1.165, 1.54) is 17.0 Å². The van der Waals surface area contributed by atoms with Crippen molar-refractivity contribution in [3.63, 3.8) is 0 Å². The standard InChI is InChI=1S/C14H20FNO4/c1-19-8-3-6-16(7-9-20-2)14(18)12-5-4-11(17)10-13(12)15/h4-5,10,17H,3,6-9H2,1-2H3. The molecule has 0 atom stereocenters. The van der Waals surface area contributed by atoms with Gasteiger partial charge in [-0.25, -0.2) is 4.39 Å². The van der Waals surface area contributed by atoms with Crippen molar-refractivity contribution in [3.05, 3.63) is 29.6 Å². The number of phenolic OH excluding ortho intramolecular Hbond substituents is 1. The van der Waals surface area contributed by atoms with Gasteiger partial charge in [-0.2, -0.15) is 0 Å². The van der Waals surface area contributed by atoms with Crippen LogP contribution in [0.3, 0.4) is 0 Å². The quantitative estimate of drug-likeness (QED) is 0.738. The predicted molar refractivity (Wildman–Crippen MR) is 72.3 cm³/mol. The highest BCUT2D eigenvalue weighted by molar-refractivity contribution is 5.94. The molecular weight excluding hydrogens is 265 g/mol. The van der Waals surface area contributed by atoms with Crippen LogP contribution in [0.5, 0.6) is 5.75 Å². The van der Waals surface area contributed by atoms with Gasteiger partial charge in [-0.05, 0) is 18.6 Å². The highest BCUT2D eigenvalue weighted by Gasteiger charge is 2.19. The number of hydrogen-bond acceptors (Lipinski definition) is 4. The molecule has 0 saturated heterocycles. The summed E-state index contributed by atoms with van der Waals surface area (Å²) < 4.78 is 23.6. The van der Waals surface area contributed by atoms with E-state index in [1.54, 1.807) is 14.2 Å². The fraction of sp³-hybridized carbons (Fsp3) is 0.500. The maximum atomic E-state index is 13.7. The second kappa shape index (κ2) is 8.50. The van der Waals surface area contributed by atoms with Gasteiger partial charge in [-0.3, -0.25) is 4.79 Å². The fourth-order valence-corrected chi connectivity index (χ4v) is 1.76. The topological polar surface area (TPSA) is 59.0 Å². The number of carbonyl (C=O) groups excluding carboxylic acids is 1. The van der Waals surface area contributed by atoms with Crippen LogP contribution in [0, 0.1) is 5.82 Å². The van der Waals surface area contributed by atoms with E-state index < -0.39 is 11.7 Å². The van der Waals surface area contributed by atoms with Crippen LogP contribution < -0.4 is 0 Å². The van der Waals surface area contributed by atoms with Gasteiger partial charge in [0.2, 0.25) is 0 Å². The van der Waals surface area contributed by atoms with Crippen LogP contribution >= 0.6 is 0 Å². The van der Waals surface area contributed by atoms with Gasteiger partial charge in [0.05, 0.1) is 12.2 Å². The number of methoxy groups -OCH3 is 2. The van der Waals surface area contributed by atoms with E-state index in [0.29, 0.717) is 32.7 Å². The van der Waals surface area contributed by atoms with Crippen LogP contribution in [0.2, 0.25) is 0 Å². The minimum atomic E-state index is -0.732.